The lowest BCUT2D eigenvalue weighted by Gasteiger charge is -2.30. The minimum absolute atomic E-state index is 0.394. The number of hydrogen-bond acceptors (Lipinski definition) is 6. The molecule has 3 rings (SSSR count). The van der Waals surface area contributed by atoms with E-state index in [9.17, 15) is 0 Å². The summed E-state index contributed by atoms with van der Waals surface area (Å²) in [5.41, 5.74) is 6.82. The van der Waals surface area contributed by atoms with Crippen molar-refractivity contribution < 1.29 is 0 Å². The molecule has 0 amide bonds. The van der Waals surface area contributed by atoms with E-state index in [1.54, 1.807) is 0 Å². The maximum absolute atomic E-state index is 5.67. The lowest BCUT2D eigenvalue weighted by Crippen LogP contribution is -2.32. The summed E-state index contributed by atoms with van der Waals surface area (Å²) in [4.78, 5) is 6.96. The summed E-state index contributed by atoms with van der Waals surface area (Å²) in [6.45, 7) is 6.27. The van der Waals surface area contributed by atoms with E-state index in [4.69, 9.17) is 5.73 Å². The Morgan fingerprint density at radius 1 is 1.40 bits per heavy atom. The quantitative estimate of drug-likeness (QED) is 0.907. The number of H-pyrrole nitrogens is 1. The topological polar surface area (TPSA) is 83.7 Å². The lowest BCUT2D eigenvalue weighted by atomic mass is 9.94. The highest BCUT2D eigenvalue weighted by Crippen LogP contribution is 2.31. The van der Waals surface area contributed by atoms with E-state index in [2.05, 4.69) is 38.3 Å². The number of piperidine rings is 1. The van der Waals surface area contributed by atoms with Crippen molar-refractivity contribution in [1.29, 1.82) is 0 Å². The first kappa shape index (κ1) is 13.4. The van der Waals surface area contributed by atoms with Gasteiger partial charge in [-0.25, -0.2) is 4.98 Å². The molecule has 1 saturated heterocycles. The Kier molecular flexibility index (Phi) is 3.60. The van der Waals surface area contributed by atoms with Crippen LogP contribution in [0.2, 0.25) is 0 Å². The number of nitrogens with one attached hydrogen (secondary N) is 1. The number of nitrogen functional groups attached to an aromatic ring is 1. The van der Waals surface area contributed by atoms with Crippen molar-refractivity contribution in [2.75, 3.05) is 23.7 Å². The van der Waals surface area contributed by atoms with Crippen molar-refractivity contribution in [3.05, 3.63) is 17.6 Å². The van der Waals surface area contributed by atoms with Crippen molar-refractivity contribution in [3.63, 3.8) is 0 Å². The van der Waals surface area contributed by atoms with E-state index >= 15 is 0 Å². The number of hydrogen-bond donors (Lipinski definition) is 2. The summed E-state index contributed by atoms with van der Waals surface area (Å²) in [5, 5.41) is 8.09. The van der Waals surface area contributed by atoms with Crippen molar-refractivity contribution in [2.45, 2.75) is 38.5 Å². The van der Waals surface area contributed by atoms with Gasteiger partial charge in [0.1, 0.15) is 11.6 Å². The van der Waals surface area contributed by atoms with Crippen LogP contribution in [0.3, 0.4) is 0 Å². The molecule has 7 heteroatoms. The van der Waals surface area contributed by atoms with Gasteiger partial charge >= 0.3 is 0 Å². The first-order chi connectivity index (χ1) is 9.63. The number of nitrogens with two attached hydrogens (primary N) is 1. The van der Waals surface area contributed by atoms with Gasteiger partial charge in [-0.05, 0) is 12.8 Å². The number of aromatic nitrogens is 4. The fourth-order valence-corrected chi connectivity index (χ4v) is 3.39. The van der Waals surface area contributed by atoms with Gasteiger partial charge in [-0.3, -0.25) is 5.10 Å². The van der Waals surface area contributed by atoms with Crippen LogP contribution >= 0.6 is 11.5 Å². The summed E-state index contributed by atoms with van der Waals surface area (Å²) in [6, 6.07) is 1.95. The molecule has 0 unspecified atom stereocenters. The highest BCUT2D eigenvalue weighted by molar-refractivity contribution is 7.09. The largest absolute Gasteiger partial charge is 0.382 e. The first-order valence-corrected chi connectivity index (χ1v) is 7.80. The van der Waals surface area contributed by atoms with Crippen LogP contribution in [-0.4, -0.2) is 32.6 Å². The molecule has 0 spiro atoms. The standard InChI is InChI=1S/C13H20N6S/c1-8(2)12-15-13(20-18-12)19-5-3-9(4-6-19)10-7-11(14)17-16-10/h7-9H,3-6H2,1-2H3,(H3,14,16,17). The van der Waals surface area contributed by atoms with Crippen LogP contribution in [0, 0.1) is 0 Å². The molecule has 0 radical (unpaired) electrons. The van der Waals surface area contributed by atoms with Crippen LogP contribution in [0.25, 0.3) is 0 Å². The fraction of sp³-hybridized carbons (Fsp3) is 0.615. The van der Waals surface area contributed by atoms with Crippen LogP contribution < -0.4 is 10.6 Å². The van der Waals surface area contributed by atoms with Gasteiger partial charge < -0.3 is 10.6 Å². The van der Waals surface area contributed by atoms with E-state index in [0.717, 1.165) is 42.6 Å². The highest BCUT2D eigenvalue weighted by Gasteiger charge is 2.24. The van der Waals surface area contributed by atoms with Crippen LogP contribution in [0.1, 0.15) is 50.0 Å². The molecule has 108 valence electrons. The Bertz CT molecular complexity index is 567. The Morgan fingerprint density at radius 2 is 2.15 bits per heavy atom. The normalized spacial score (nSPS) is 17.1. The monoisotopic (exact) mass is 292 g/mol. The Labute approximate surface area is 122 Å². The maximum Gasteiger partial charge on any atom is 0.205 e. The van der Waals surface area contributed by atoms with E-state index < -0.39 is 0 Å². The molecule has 0 atom stereocenters. The fourth-order valence-electron chi connectivity index (χ4n) is 2.53. The van der Waals surface area contributed by atoms with Crippen LogP contribution in [0.5, 0.6) is 0 Å². The van der Waals surface area contributed by atoms with Gasteiger partial charge in [0.15, 0.2) is 0 Å². The summed E-state index contributed by atoms with van der Waals surface area (Å²) in [6.07, 6.45) is 2.19. The number of anilines is 2. The van der Waals surface area contributed by atoms with E-state index in [-0.39, 0.29) is 0 Å². The van der Waals surface area contributed by atoms with Crippen molar-refractivity contribution in [3.8, 4) is 0 Å². The van der Waals surface area contributed by atoms with E-state index in [1.807, 2.05) is 6.07 Å². The zero-order valence-corrected chi connectivity index (χ0v) is 12.7. The van der Waals surface area contributed by atoms with Gasteiger partial charge in [0.05, 0.1) is 0 Å². The average molecular weight is 292 g/mol. The molecular formula is C13H20N6S. The second kappa shape index (κ2) is 5.40. The summed E-state index contributed by atoms with van der Waals surface area (Å²) in [7, 11) is 0. The molecule has 0 saturated carbocycles. The lowest BCUT2D eigenvalue weighted by molar-refractivity contribution is 0.495. The zero-order chi connectivity index (χ0) is 14.1. The molecular weight excluding hydrogens is 272 g/mol. The smallest absolute Gasteiger partial charge is 0.205 e. The molecule has 0 bridgehead atoms. The van der Waals surface area contributed by atoms with Gasteiger partial charge in [0.25, 0.3) is 0 Å². The second-order valence-electron chi connectivity index (χ2n) is 5.60. The minimum atomic E-state index is 0.394. The molecule has 0 aromatic carbocycles. The molecule has 6 nitrogen and oxygen atoms in total. The molecule has 0 aliphatic carbocycles. The molecule has 20 heavy (non-hydrogen) atoms. The van der Waals surface area contributed by atoms with Crippen molar-refractivity contribution >= 4 is 22.5 Å². The third-order valence-electron chi connectivity index (χ3n) is 3.77. The predicted molar refractivity (Wildman–Crippen MR) is 81.2 cm³/mol. The number of aromatic amines is 1. The van der Waals surface area contributed by atoms with Crippen molar-refractivity contribution in [1.82, 2.24) is 19.6 Å². The Hall–Kier alpha value is -1.63. The van der Waals surface area contributed by atoms with Gasteiger partial charge in [-0.1, -0.05) is 13.8 Å². The Balaban J connectivity index is 1.63. The highest BCUT2D eigenvalue weighted by atomic mass is 32.1. The summed E-state index contributed by atoms with van der Waals surface area (Å²) >= 11 is 1.51. The molecule has 2 aromatic rings. The van der Waals surface area contributed by atoms with Gasteiger partial charge in [0, 0.05) is 48.2 Å². The molecule has 3 heterocycles. The number of nitrogens with zero attached hydrogens (tertiary/aromatic N) is 4. The summed E-state index contributed by atoms with van der Waals surface area (Å²) < 4.78 is 4.43. The zero-order valence-electron chi connectivity index (χ0n) is 11.8. The molecule has 1 fully saturated rings. The van der Waals surface area contributed by atoms with Crippen LogP contribution in [0.4, 0.5) is 10.9 Å². The molecule has 3 N–H and O–H groups in total. The van der Waals surface area contributed by atoms with Crippen LogP contribution in [0.15, 0.2) is 6.07 Å². The first-order valence-electron chi connectivity index (χ1n) is 7.03. The predicted octanol–water partition coefficient (Wildman–Crippen LogP) is 2.35. The second-order valence-corrected chi connectivity index (χ2v) is 6.33. The summed E-state index contributed by atoms with van der Waals surface area (Å²) in [5.74, 6) is 2.45. The minimum Gasteiger partial charge on any atom is -0.382 e. The third kappa shape index (κ3) is 2.63. The molecule has 1 aliphatic heterocycles. The maximum atomic E-state index is 5.67. The molecule has 2 aromatic heterocycles. The van der Waals surface area contributed by atoms with Gasteiger partial charge in [0.2, 0.25) is 5.13 Å². The van der Waals surface area contributed by atoms with Crippen molar-refractivity contribution in [2.24, 2.45) is 0 Å². The van der Waals surface area contributed by atoms with Gasteiger partial charge in [-0.15, -0.1) is 0 Å². The Morgan fingerprint density at radius 3 is 2.70 bits per heavy atom. The number of rotatable bonds is 3. The SMILES string of the molecule is CC(C)c1nsc(N2CCC(c3cc(N)n[nH]3)CC2)n1. The van der Waals surface area contributed by atoms with E-state index in [1.165, 1.54) is 11.5 Å². The van der Waals surface area contributed by atoms with E-state index in [0.29, 0.717) is 17.7 Å². The van der Waals surface area contributed by atoms with Gasteiger partial charge in [-0.2, -0.15) is 9.47 Å². The average Bonchev–Trinajstić information content (AvgIpc) is 3.08. The molecule has 1 aliphatic rings. The third-order valence-corrected chi connectivity index (χ3v) is 4.56. The van der Waals surface area contributed by atoms with Crippen LogP contribution in [-0.2, 0) is 0 Å².